The van der Waals surface area contributed by atoms with Gasteiger partial charge in [-0.15, -0.1) is 0 Å². The van der Waals surface area contributed by atoms with E-state index in [-0.39, 0.29) is 58.8 Å². The predicted octanol–water partition coefficient (Wildman–Crippen LogP) is 9.79. The summed E-state index contributed by atoms with van der Waals surface area (Å²) in [5.41, 5.74) is 11.9. The van der Waals surface area contributed by atoms with Gasteiger partial charge in [-0.25, -0.2) is 14.8 Å². The van der Waals surface area contributed by atoms with Crippen LogP contribution in [0.3, 0.4) is 0 Å². The van der Waals surface area contributed by atoms with Gasteiger partial charge in [0.15, 0.2) is 0 Å². The summed E-state index contributed by atoms with van der Waals surface area (Å²) < 4.78 is 0. The smallest absolute Gasteiger partial charge is 0.238 e. The number of benzene rings is 7. The van der Waals surface area contributed by atoms with Crippen LogP contribution in [0, 0.1) is 23.7 Å². The van der Waals surface area contributed by atoms with Crippen LogP contribution in [0.1, 0.15) is 84.1 Å². The van der Waals surface area contributed by atoms with E-state index in [1.807, 2.05) is 66.7 Å². The molecule has 0 aromatic heterocycles. The van der Waals surface area contributed by atoms with Gasteiger partial charge in [-0.05, 0) is 74.8 Å². The number of allylic oxidation sites excluding steroid dienone is 2. The lowest BCUT2D eigenvalue weighted by atomic mass is 9.55. The maximum Gasteiger partial charge on any atom is 0.238 e. The highest BCUT2D eigenvalue weighted by Crippen LogP contribution is 2.63. The van der Waals surface area contributed by atoms with Crippen molar-refractivity contribution in [3.8, 4) is 0 Å². The van der Waals surface area contributed by atoms with Crippen LogP contribution < -0.4 is 15.1 Å². The van der Waals surface area contributed by atoms with E-state index in [9.17, 15) is 24.0 Å². The summed E-state index contributed by atoms with van der Waals surface area (Å²) in [6, 6.07) is 54.2. The van der Waals surface area contributed by atoms with Crippen molar-refractivity contribution in [2.45, 2.75) is 23.7 Å². The van der Waals surface area contributed by atoms with Crippen LogP contribution in [0.5, 0.6) is 0 Å². The van der Waals surface area contributed by atoms with Crippen LogP contribution in [-0.2, 0) is 19.2 Å². The molecule has 2 aliphatic heterocycles. The molecular weight excluding hydrogens is 833 g/mol. The van der Waals surface area contributed by atoms with Crippen molar-refractivity contribution in [3.63, 3.8) is 0 Å². The first kappa shape index (κ1) is 38.0. The highest BCUT2D eigenvalue weighted by atomic mass is 16.2. The summed E-state index contributed by atoms with van der Waals surface area (Å²) in [5, 5.41) is 3.35. The molecule has 7 aromatic carbocycles. The molecule has 16 rings (SSSR count). The average Bonchev–Trinajstić information content (AvgIpc) is 3.80. The van der Waals surface area contributed by atoms with Crippen molar-refractivity contribution in [1.82, 2.24) is 0 Å². The van der Waals surface area contributed by atoms with Crippen molar-refractivity contribution in [2.24, 2.45) is 28.7 Å². The van der Waals surface area contributed by atoms with E-state index in [1.165, 1.54) is 9.80 Å². The number of nitrogens with one attached hydrogen (secondary N) is 1. The Bertz CT molecular complexity index is 3270. The van der Waals surface area contributed by atoms with E-state index >= 15 is 0 Å². The number of ketones is 1. The van der Waals surface area contributed by atoms with Crippen molar-refractivity contribution >= 4 is 57.9 Å². The SMILES string of the molecule is O=C1C(Nc2ccccc2N2C(=O)C3C4c5ccccc5C(c5ccccc54)C3C2=O)=CC(=Nc2ccccc2N2C(=O)C3C4c5ccccc5C(c5ccccc54)C3C2=O)c2ccccc21. The number of hydrogen-bond acceptors (Lipinski definition) is 7. The van der Waals surface area contributed by atoms with E-state index in [0.29, 0.717) is 39.6 Å². The number of carbonyl (C=O) groups is 5. The lowest BCUT2D eigenvalue weighted by Gasteiger charge is -2.45. The van der Waals surface area contributed by atoms with Gasteiger partial charge in [-0.3, -0.25) is 24.0 Å². The standard InChI is InChI=1S/C58H38N4O5/c63-54-39-24-10-1-15-30(39)42(59-40-25-11-13-27-44(40)61-55(64)50-46-31-16-2-3-17-32(31)47(51(50)56(61)65)34-19-5-4-18-33(34)46)29-43(54)60-41-26-12-14-28-45(41)62-57(66)52-48-35-20-6-7-21-36(35)49(53(52)58(62)67)38-23-9-8-22-37(38)48/h1-29,46-53,60H. The molecule has 2 fully saturated rings. The van der Waals surface area contributed by atoms with E-state index in [0.717, 1.165) is 44.5 Å². The first-order valence-electron chi connectivity index (χ1n) is 22.9. The zero-order valence-electron chi connectivity index (χ0n) is 35.7. The molecule has 2 heterocycles. The number of aliphatic imine (C=N–C) groups is 1. The molecule has 7 aromatic rings. The number of Topliss-reactive ketones (excluding diaryl/α,β-unsaturated/α-hetero) is 1. The first-order valence-corrected chi connectivity index (χ1v) is 22.9. The van der Waals surface area contributed by atoms with Crippen LogP contribution in [0.2, 0.25) is 0 Å². The van der Waals surface area contributed by atoms with Crippen molar-refractivity contribution in [1.29, 1.82) is 0 Å². The molecular formula is C58H38N4O5. The second-order valence-electron chi connectivity index (χ2n) is 18.6. The summed E-state index contributed by atoms with van der Waals surface area (Å²) in [5.74, 6) is -4.62. The monoisotopic (exact) mass is 870 g/mol. The van der Waals surface area contributed by atoms with Crippen LogP contribution in [0.25, 0.3) is 0 Å². The summed E-state index contributed by atoms with van der Waals surface area (Å²) >= 11 is 0. The maximum absolute atomic E-state index is 14.9. The van der Waals surface area contributed by atoms with E-state index in [1.54, 1.807) is 60.7 Å². The molecule has 320 valence electrons. The minimum absolute atomic E-state index is 0.185. The van der Waals surface area contributed by atoms with Crippen LogP contribution >= 0.6 is 0 Å². The van der Waals surface area contributed by atoms with Crippen molar-refractivity contribution in [2.75, 3.05) is 15.1 Å². The highest BCUT2D eigenvalue weighted by Gasteiger charge is 2.63. The number of imide groups is 2. The molecule has 0 spiro atoms. The zero-order chi connectivity index (χ0) is 44.8. The molecule has 4 amide bonds. The average molecular weight is 871 g/mol. The number of rotatable bonds is 5. The molecule has 0 saturated carbocycles. The van der Waals surface area contributed by atoms with Crippen molar-refractivity contribution < 1.29 is 24.0 Å². The fourth-order valence-corrected chi connectivity index (χ4v) is 13.1. The lowest BCUT2D eigenvalue weighted by molar-refractivity contribution is -0.124. The van der Waals surface area contributed by atoms with E-state index in [4.69, 9.17) is 4.99 Å². The second-order valence-corrected chi connectivity index (χ2v) is 18.6. The van der Waals surface area contributed by atoms with E-state index in [2.05, 4.69) is 53.8 Å². The quantitative estimate of drug-likeness (QED) is 0.172. The van der Waals surface area contributed by atoms with Gasteiger partial charge < -0.3 is 5.32 Å². The minimum Gasteiger partial charge on any atom is -0.351 e. The van der Waals surface area contributed by atoms with Gasteiger partial charge in [-0.1, -0.05) is 146 Å². The summed E-state index contributed by atoms with van der Waals surface area (Å²) in [4.78, 5) is 81.7. The summed E-state index contributed by atoms with van der Waals surface area (Å²) in [7, 11) is 0. The summed E-state index contributed by atoms with van der Waals surface area (Å²) in [6.45, 7) is 0. The third kappa shape index (κ3) is 5.03. The molecule has 9 nitrogen and oxygen atoms in total. The Morgan fingerprint density at radius 2 is 0.716 bits per heavy atom. The zero-order valence-corrected chi connectivity index (χ0v) is 35.7. The van der Waals surface area contributed by atoms with Crippen LogP contribution in [0.15, 0.2) is 187 Å². The minimum atomic E-state index is -0.573. The number of nitrogens with zero attached hydrogens (tertiary/aromatic N) is 3. The number of para-hydroxylation sites is 4. The molecule has 4 atom stereocenters. The van der Waals surface area contributed by atoms with Gasteiger partial charge in [0.1, 0.15) is 0 Å². The molecule has 9 heteroatoms. The molecule has 9 aliphatic rings. The number of amides is 4. The molecule has 2 saturated heterocycles. The van der Waals surface area contributed by atoms with Crippen molar-refractivity contribution in [3.05, 3.63) is 237 Å². The molecule has 7 aliphatic carbocycles. The molecule has 0 radical (unpaired) electrons. The highest BCUT2D eigenvalue weighted by molar-refractivity contribution is 6.29. The maximum atomic E-state index is 14.9. The molecule has 67 heavy (non-hydrogen) atoms. The fourth-order valence-electron chi connectivity index (χ4n) is 13.1. The Labute approximate surface area is 385 Å². The van der Waals surface area contributed by atoms with Crippen LogP contribution in [-0.4, -0.2) is 35.1 Å². The van der Waals surface area contributed by atoms with Gasteiger partial charge >= 0.3 is 0 Å². The Morgan fingerprint density at radius 1 is 0.373 bits per heavy atom. The largest absolute Gasteiger partial charge is 0.351 e. The van der Waals surface area contributed by atoms with Gasteiger partial charge in [0.05, 0.1) is 57.8 Å². The molecule has 4 unspecified atom stereocenters. The topological polar surface area (TPSA) is 116 Å². The predicted molar refractivity (Wildman–Crippen MR) is 254 cm³/mol. The Hall–Kier alpha value is -8.30. The molecule has 1 N–H and O–H groups in total. The molecule has 4 bridgehead atoms. The third-order valence-electron chi connectivity index (χ3n) is 15.6. The normalized spacial score (nSPS) is 26.1. The van der Waals surface area contributed by atoms with Gasteiger partial charge in [0, 0.05) is 34.8 Å². The third-order valence-corrected chi connectivity index (χ3v) is 15.6. The summed E-state index contributed by atoms with van der Waals surface area (Å²) in [6.07, 6.45) is 1.67. The number of anilines is 3. The lowest BCUT2D eigenvalue weighted by Crippen LogP contribution is -2.41. The number of fused-ring (bicyclic) bond motifs is 1. The fraction of sp³-hybridized carbons (Fsp3) is 0.138. The van der Waals surface area contributed by atoms with Gasteiger partial charge in [0.2, 0.25) is 29.4 Å². The Morgan fingerprint density at radius 3 is 1.16 bits per heavy atom. The first-order chi connectivity index (χ1) is 32.9. The Balaban J connectivity index is 0.833. The van der Waals surface area contributed by atoms with Gasteiger partial charge in [0.25, 0.3) is 0 Å². The van der Waals surface area contributed by atoms with Crippen LogP contribution in [0.4, 0.5) is 22.7 Å². The van der Waals surface area contributed by atoms with E-state index < -0.39 is 23.7 Å². The van der Waals surface area contributed by atoms with Gasteiger partial charge in [-0.2, -0.15) is 0 Å². The Kier molecular flexibility index (Phi) is 7.86. The second kappa shape index (κ2) is 13.9. The number of carbonyl (C=O) groups excluding carboxylic acids is 5. The number of hydrogen-bond donors (Lipinski definition) is 1.